The quantitative estimate of drug-likeness (QED) is 0.721. The zero-order chi connectivity index (χ0) is 20.1. The minimum Gasteiger partial charge on any atom is -0.484 e. The van der Waals surface area contributed by atoms with Crippen molar-refractivity contribution in [3.8, 4) is 5.75 Å². The van der Waals surface area contributed by atoms with Crippen LogP contribution in [-0.2, 0) is 0 Å². The molecule has 0 saturated carbocycles. The van der Waals surface area contributed by atoms with E-state index >= 15 is 0 Å². The van der Waals surface area contributed by atoms with Crippen LogP contribution in [0.4, 0.5) is 26.3 Å². The molecule has 1 heterocycles. The number of nitrogens with zero attached hydrogens (tertiary/aromatic N) is 1. The number of alkyl halides is 6. The van der Waals surface area contributed by atoms with Crippen LogP contribution in [0, 0.1) is 0 Å². The molecule has 0 bridgehead atoms. The zero-order valence-corrected chi connectivity index (χ0v) is 14.2. The van der Waals surface area contributed by atoms with Gasteiger partial charge in [0, 0.05) is 38.3 Å². The highest BCUT2D eigenvalue weighted by Gasteiger charge is 2.43. The summed E-state index contributed by atoms with van der Waals surface area (Å²) in [4.78, 5) is 13.3. The summed E-state index contributed by atoms with van der Waals surface area (Å²) in [6.45, 7) is -0.804. The molecule has 1 saturated heterocycles. The van der Waals surface area contributed by atoms with E-state index in [1.165, 1.54) is 17.0 Å². The summed E-state index contributed by atoms with van der Waals surface area (Å²) in [5, 5.41) is 5.19. The Kier molecular flexibility index (Phi) is 6.93. The van der Waals surface area contributed by atoms with Crippen molar-refractivity contribution in [3.05, 3.63) is 29.8 Å². The third-order valence-corrected chi connectivity index (χ3v) is 3.95. The summed E-state index contributed by atoms with van der Waals surface area (Å²) in [6, 6.07) is 2.87. The largest absolute Gasteiger partial charge is 0.484 e. The minimum atomic E-state index is -4.50. The number of hydrogen-bond donors (Lipinski definition) is 2. The standard InChI is InChI=1S/C16H19F6N3O2/c17-15(18,19)10-27-12-3-1-11(2-4-12)14(26)24-9-13(16(20,21)22)25-7-5-23-6-8-25/h1-4,13,23H,5-10H2,(H,24,26). The molecule has 1 atom stereocenters. The summed E-state index contributed by atoms with van der Waals surface area (Å²) < 4.78 is 80.6. The Labute approximate surface area is 151 Å². The maximum atomic E-state index is 13.3. The van der Waals surface area contributed by atoms with Crippen LogP contribution in [0.15, 0.2) is 24.3 Å². The number of halogens is 6. The van der Waals surface area contributed by atoms with E-state index in [0.29, 0.717) is 13.1 Å². The second kappa shape index (κ2) is 8.79. The summed E-state index contributed by atoms with van der Waals surface area (Å²) in [5.74, 6) is -0.848. The van der Waals surface area contributed by atoms with E-state index < -0.39 is 37.5 Å². The molecular weight excluding hydrogens is 380 g/mol. The van der Waals surface area contributed by atoms with Crippen LogP contribution in [0.5, 0.6) is 5.75 Å². The number of hydrogen-bond acceptors (Lipinski definition) is 4. The second-order valence-corrected chi connectivity index (χ2v) is 5.98. The number of amides is 1. The van der Waals surface area contributed by atoms with Gasteiger partial charge in [-0.2, -0.15) is 26.3 Å². The van der Waals surface area contributed by atoms with E-state index in [4.69, 9.17) is 0 Å². The maximum Gasteiger partial charge on any atom is 0.422 e. The molecule has 152 valence electrons. The molecule has 0 aliphatic carbocycles. The normalized spacial score (nSPS) is 17.4. The molecule has 0 spiro atoms. The number of ether oxygens (including phenoxy) is 1. The van der Waals surface area contributed by atoms with Crippen molar-refractivity contribution in [3.63, 3.8) is 0 Å². The summed E-state index contributed by atoms with van der Waals surface area (Å²) >= 11 is 0. The van der Waals surface area contributed by atoms with Crippen LogP contribution in [0.2, 0.25) is 0 Å². The van der Waals surface area contributed by atoms with E-state index in [1.54, 1.807) is 0 Å². The lowest BCUT2D eigenvalue weighted by Crippen LogP contribution is -2.57. The SMILES string of the molecule is O=C(NCC(N1CCNCC1)C(F)(F)F)c1ccc(OCC(F)(F)F)cc1. The molecule has 2 N–H and O–H groups in total. The van der Waals surface area contributed by atoms with Crippen LogP contribution in [-0.4, -0.2) is 68.5 Å². The van der Waals surface area contributed by atoms with Crippen molar-refractivity contribution >= 4 is 5.91 Å². The van der Waals surface area contributed by atoms with Gasteiger partial charge in [0.1, 0.15) is 11.8 Å². The number of nitrogens with one attached hydrogen (secondary N) is 2. The van der Waals surface area contributed by atoms with Crippen molar-refractivity contribution in [1.29, 1.82) is 0 Å². The highest BCUT2D eigenvalue weighted by molar-refractivity contribution is 5.94. The molecule has 1 aliphatic heterocycles. The molecule has 1 fully saturated rings. The van der Waals surface area contributed by atoms with Crippen molar-refractivity contribution < 1.29 is 35.9 Å². The highest BCUT2D eigenvalue weighted by Crippen LogP contribution is 2.25. The topological polar surface area (TPSA) is 53.6 Å². The number of piperazine rings is 1. The predicted molar refractivity (Wildman–Crippen MR) is 84.6 cm³/mol. The van der Waals surface area contributed by atoms with Crippen molar-refractivity contribution in [2.75, 3.05) is 39.3 Å². The Morgan fingerprint density at radius 2 is 1.70 bits per heavy atom. The highest BCUT2D eigenvalue weighted by atomic mass is 19.4. The molecule has 27 heavy (non-hydrogen) atoms. The van der Waals surface area contributed by atoms with Gasteiger partial charge in [0.15, 0.2) is 6.61 Å². The molecule has 11 heteroatoms. The third-order valence-electron chi connectivity index (χ3n) is 3.95. The van der Waals surface area contributed by atoms with Gasteiger partial charge >= 0.3 is 12.4 Å². The Bertz CT molecular complexity index is 612. The molecular formula is C16H19F6N3O2. The number of rotatable bonds is 6. The zero-order valence-electron chi connectivity index (χ0n) is 14.2. The van der Waals surface area contributed by atoms with Gasteiger partial charge in [0.05, 0.1) is 0 Å². The van der Waals surface area contributed by atoms with Crippen LogP contribution in [0.3, 0.4) is 0 Å². The first kappa shape index (κ1) is 21.3. The van der Waals surface area contributed by atoms with Crippen molar-refractivity contribution in [1.82, 2.24) is 15.5 Å². The monoisotopic (exact) mass is 399 g/mol. The van der Waals surface area contributed by atoms with Crippen molar-refractivity contribution in [2.24, 2.45) is 0 Å². The fraction of sp³-hybridized carbons (Fsp3) is 0.562. The first-order valence-corrected chi connectivity index (χ1v) is 8.15. The molecule has 0 aromatic heterocycles. The lowest BCUT2D eigenvalue weighted by atomic mass is 10.1. The van der Waals surface area contributed by atoms with Crippen LogP contribution < -0.4 is 15.4 Å². The van der Waals surface area contributed by atoms with E-state index in [9.17, 15) is 31.1 Å². The van der Waals surface area contributed by atoms with Gasteiger partial charge in [0.2, 0.25) is 0 Å². The summed E-state index contributed by atoms with van der Waals surface area (Å²) in [6.07, 6.45) is -8.99. The first-order chi connectivity index (χ1) is 12.6. The number of benzene rings is 1. The van der Waals surface area contributed by atoms with Crippen molar-refractivity contribution in [2.45, 2.75) is 18.4 Å². The van der Waals surface area contributed by atoms with Crippen LogP contribution in [0.25, 0.3) is 0 Å². The average molecular weight is 399 g/mol. The number of carbonyl (C=O) groups excluding carboxylic acids is 1. The molecule has 1 aromatic rings. The van der Waals surface area contributed by atoms with Gasteiger partial charge in [-0.3, -0.25) is 9.69 Å². The Morgan fingerprint density at radius 1 is 1.11 bits per heavy atom. The van der Waals surface area contributed by atoms with Gasteiger partial charge in [-0.25, -0.2) is 0 Å². The number of carbonyl (C=O) groups is 1. The molecule has 1 aromatic carbocycles. The molecule has 0 radical (unpaired) electrons. The fourth-order valence-corrected chi connectivity index (χ4v) is 2.60. The summed E-state index contributed by atoms with van der Waals surface area (Å²) in [7, 11) is 0. The molecule has 1 unspecified atom stereocenters. The predicted octanol–water partition coefficient (Wildman–Crippen LogP) is 2.19. The lowest BCUT2D eigenvalue weighted by molar-refractivity contribution is -0.183. The van der Waals surface area contributed by atoms with Crippen LogP contribution >= 0.6 is 0 Å². The first-order valence-electron chi connectivity index (χ1n) is 8.15. The van der Waals surface area contributed by atoms with Gasteiger partial charge in [-0.15, -0.1) is 0 Å². The van der Waals surface area contributed by atoms with Gasteiger partial charge in [-0.05, 0) is 24.3 Å². The molecule has 1 aliphatic rings. The van der Waals surface area contributed by atoms with Gasteiger partial charge < -0.3 is 15.4 Å². The fourth-order valence-electron chi connectivity index (χ4n) is 2.60. The van der Waals surface area contributed by atoms with Gasteiger partial charge in [-0.1, -0.05) is 0 Å². The Morgan fingerprint density at radius 3 is 2.22 bits per heavy atom. The smallest absolute Gasteiger partial charge is 0.422 e. The van der Waals surface area contributed by atoms with E-state index in [1.807, 2.05) is 0 Å². The minimum absolute atomic E-state index is 0.0237. The Hall–Kier alpha value is -2.01. The maximum absolute atomic E-state index is 13.3. The van der Waals surface area contributed by atoms with E-state index in [0.717, 1.165) is 12.1 Å². The molecule has 5 nitrogen and oxygen atoms in total. The molecule has 2 rings (SSSR count). The van der Waals surface area contributed by atoms with E-state index in [-0.39, 0.29) is 24.4 Å². The van der Waals surface area contributed by atoms with E-state index in [2.05, 4.69) is 15.4 Å². The lowest BCUT2D eigenvalue weighted by Gasteiger charge is -2.35. The summed E-state index contributed by atoms with van der Waals surface area (Å²) in [5.41, 5.74) is 0.0237. The third kappa shape index (κ3) is 6.90. The average Bonchev–Trinajstić information content (AvgIpc) is 2.59. The van der Waals surface area contributed by atoms with Gasteiger partial charge in [0.25, 0.3) is 5.91 Å². The van der Waals surface area contributed by atoms with Crippen LogP contribution in [0.1, 0.15) is 10.4 Å². The second-order valence-electron chi connectivity index (χ2n) is 5.98. The Balaban J connectivity index is 1.92. The molecule has 1 amide bonds.